The number of unbranched alkanes of at least 4 members (excludes halogenated alkanes) is 1. The molecule has 19 heavy (non-hydrogen) atoms. The van der Waals surface area contributed by atoms with Crippen LogP contribution in [0.3, 0.4) is 0 Å². The van der Waals surface area contributed by atoms with E-state index in [2.05, 4.69) is 0 Å². The predicted molar refractivity (Wildman–Crippen MR) is 67.4 cm³/mol. The number of amides is 1. The number of nitrogens with zero attached hydrogens (tertiary/aromatic N) is 1. The summed E-state index contributed by atoms with van der Waals surface area (Å²) in [6.07, 6.45) is -2.06. The average Bonchev–Trinajstić information content (AvgIpc) is 2.35. The summed E-state index contributed by atoms with van der Waals surface area (Å²) in [5, 5.41) is 0. The SMILES string of the molecule is CCCCC(=O)N(C)Cc1ccc(C(F)(F)F)cc1. The van der Waals surface area contributed by atoms with Gasteiger partial charge in [-0.2, -0.15) is 13.2 Å². The summed E-state index contributed by atoms with van der Waals surface area (Å²) in [7, 11) is 1.66. The molecule has 0 bridgehead atoms. The van der Waals surface area contributed by atoms with E-state index >= 15 is 0 Å². The molecule has 1 amide bonds. The van der Waals surface area contributed by atoms with Crippen LogP contribution in [0.5, 0.6) is 0 Å². The minimum Gasteiger partial charge on any atom is -0.341 e. The van der Waals surface area contributed by atoms with Crippen molar-refractivity contribution in [3.63, 3.8) is 0 Å². The molecule has 5 heteroatoms. The standard InChI is InChI=1S/C14H18F3NO/c1-3-4-5-13(19)18(2)10-11-6-8-12(9-7-11)14(15,16)17/h6-9H,3-5,10H2,1-2H3. The summed E-state index contributed by atoms with van der Waals surface area (Å²) in [6.45, 7) is 2.34. The Morgan fingerprint density at radius 2 is 1.79 bits per heavy atom. The summed E-state index contributed by atoms with van der Waals surface area (Å²) >= 11 is 0. The molecular formula is C14H18F3NO. The van der Waals surface area contributed by atoms with E-state index in [0.717, 1.165) is 25.0 Å². The van der Waals surface area contributed by atoms with E-state index in [4.69, 9.17) is 0 Å². The third kappa shape index (κ3) is 4.93. The number of hydrogen-bond acceptors (Lipinski definition) is 1. The first kappa shape index (κ1) is 15.5. The van der Waals surface area contributed by atoms with Gasteiger partial charge in [-0.3, -0.25) is 4.79 Å². The van der Waals surface area contributed by atoms with E-state index in [1.54, 1.807) is 7.05 Å². The summed E-state index contributed by atoms with van der Waals surface area (Å²) in [4.78, 5) is 13.2. The van der Waals surface area contributed by atoms with Crippen molar-refractivity contribution < 1.29 is 18.0 Å². The molecule has 0 aliphatic rings. The van der Waals surface area contributed by atoms with Crippen LogP contribution in [0.4, 0.5) is 13.2 Å². The van der Waals surface area contributed by atoms with Crippen LogP contribution in [-0.4, -0.2) is 17.9 Å². The molecule has 106 valence electrons. The molecule has 0 aliphatic heterocycles. The molecule has 0 saturated heterocycles. The van der Waals surface area contributed by atoms with Crippen LogP contribution in [0.1, 0.15) is 37.3 Å². The van der Waals surface area contributed by atoms with Crippen LogP contribution < -0.4 is 0 Å². The Bertz CT molecular complexity index is 412. The van der Waals surface area contributed by atoms with Crippen molar-refractivity contribution in [2.24, 2.45) is 0 Å². The van der Waals surface area contributed by atoms with Gasteiger partial charge in [-0.1, -0.05) is 25.5 Å². The van der Waals surface area contributed by atoms with Crippen LogP contribution in [0.2, 0.25) is 0 Å². The van der Waals surface area contributed by atoms with Crippen LogP contribution in [0, 0.1) is 0 Å². The van der Waals surface area contributed by atoms with Gasteiger partial charge in [0.2, 0.25) is 5.91 Å². The second-order valence-corrected chi connectivity index (χ2v) is 4.55. The fourth-order valence-electron chi connectivity index (χ4n) is 1.68. The van der Waals surface area contributed by atoms with Crippen LogP contribution in [0.15, 0.2) is 24.3 Å². The summed E-state index contributed by atoms with van der Waals surface area (Å²) in [5.74, 6) is 0.0155. The Morgan fingerprint density at radius 1 is 1.21 bits per heavy atom. The van der Waals surface area contributed by atoms with Crippen molar-refractivity contribution in [1.29, 1.82) is 0 Å². The zero-order chi connectivity index (χ0) is 14.5. The highest BCUT2D eigenvalue weighted by molar-refractivity contribution is 5.75. The number of carbonyl (C=O) groups is 1. The fraction of sp³-hybridized carbons (Fsp3) is 0.500. The second kappa shape index (κ2) is 6.59. The zero-order valence-electron chi connectivity index (χ0n) is 11.1. The van der Waals surface area contributed by atoms with Gasteiger partial charge in [0.15, 0.2) is 0 Å². The Labute approximate surface area is 111 Å². The molecule has 0 fully saturated rings. The van der Waals surface area contributed by atoms with Crippen LogP contribution in [0.25, 0.3) is 0 Å². The molecule has 0 unspecified atom stereocenters. The van der Waals surface area contributed by atoms with Crippen molar-refractivity contribution in [2.45, 2.75) is 38.9 Å². The molecule has 0 spiro atoms. The summed E-state index contributed by atoms with van der Waals surface area (Å²) < 4.78 is 37.2. The van der Waals surface area contributed by atoms with Gasteiger partial charge in [0.1, 0.15) is 0 Å². The first-order valence-corrected chi connectivity index (χ1v) is 6.24. The highest BCUT2D eigenvalue weighted by Crippen LogP contribution is 2.29. The topological polar surface area (TPSA) is 20.3 Å². The Kier molecular flexibility index (Phi) is 5.39. The third-order valence-electron chi connectivity index (χ3n) is 2.87. The monoisotopic (exact) mass is 273 g/mol. The first-order valence-electron chi connectivity index (χ1n) is 6.24. The highest BCUT2D eigenvalue weighted by Gasteiger charge is 2.29. The van der Waals surface area contributed by atoms with E-state index in [1.165, 1.54) is 17.0 Å². The molecule has 1 aromatic rings. The highest BCUT2D eigenvalue weighted by atomic mass is 19.4. The molecule has 1 aromatic carbocycles. The lowest BCUT2D eigenvalue weighted by atomic mass is 10.1. The van der Waals surface area contributed by atoms with Gasteiger partial charge >= 0.3 is 6.18 Å². The number of rotatable bonds is 5. The zero-order valence-corrected chi connectivity index (χ0v) is 11.1. The van der Waals surface area contributed by atoms with Gasteiger partial charge < -0.3 is 4.90 Å². The van der Waals surface area contributed by atoms with E-state index in [0.29, 0.717) is 18.5 Å². The second-order valence-electron chi connectivity index (χ2n) is 4.55. The maximum atomic E-state index is 12.4. The van der Waals surface area contributed by atoms with Crippen LogP contribution in [-0.2, 0) is 17.5 Å². The average molecular weight is 273 g/mol. The molecule has 0 N–H and O–H groups in total. The van der Waals surface area contributed by atoms with Crippen molar-refractivity contribution in [3.8, 4) is 0 Å². The maximum absolute atomic E-state index is 12.4. The van der Waals surface area contributed by atoms with E-state index in [-0.39, 0.29) is 5.91 Å². The number of carbonyl (C=O) groups excluding carboxylic acids is 1. The lowest BCUT2D eigenvalue weighted by Crippen LogP contribution is -2.25. The Morgan fingerprint density at radius 3 is 2.26 bits per heavy atom. The fourth-order valence-corrected chi connectivity index (χ4v) is 1.68. The molecule has 0 atom stereocenters. The minimum absolute atomic E-state index is 0.0155. The van der Waals surface area contributed by atoms with Crippen molar-refractivity contribution >= 4 is 5.91 Å². The van der Waals surface area contributed by atoms with Crippen molar-refractivity contribution in [1.82, 2.24) is 4.90 Å². The predicted octanol–water partition coefficient (Wildman–Crippen LogP) is 3.85. The largest absolute Gasteiger partial charge is 0.416 e. The van der Waals surface area contributed by atoms with Gasteiger partial charge in [0.25, 0.3) is 0 Å². The number of hydrogen-bond donors (Lipinski definition) is 0. The van der Waals surface area contributed by atoms with E-state index < -0.39 is 11.7 Å². The Hall–Kier alpha value is -1.52. The molecule has 0 aromatic heterocycles. The molecule has 0 saturated carbocycles. The molecule has 0 radical (unpaired) electrons. The normalized spacial score (nSPS) is 11.4. The summed E-state index contributed by atoms with van der Waals surface area (Å²) in [6, 6.07) is 4.90. The summed E-state index contributed by atoms with van der Waals surface area (Å²) in [5.41, 5.74) is 0.0246. The molecule has 1 rings (SSSR count). The van der Waals surface area contributed by atoms with Gasteiger partial charge in [-0.05, 0) is 24.1 Å². The molecular weight excluding hydrogens is 255 g/mol. The number of alkyl halides is 3. The first-order chi connectivity index (χ1) is 8.84. The van der Waals surface area contributed by atoms with Crippen LogP contribution >= 0.6 is 0 Å². The van der Waals surface area contributed by atoms with Crippen molar-refractivity contribution in [2.75, 3.05) is 7.05 Å². The number of benzene rings is 1. The minimum atomic E-state index is -4.32. The Balaban J connectivity index is 2.60. The van der Waals surface area contributed by atoms with E-state index in [1.807, 2.05) is 6.92 Å². The molecule has 0 aliphatic carbocycles. The van der Waals surface area contributed by atoms with E-state index in [9.17, 15) is 18.0 Å². The third-order valence-corrected chi connectivity index (χ3v) is 2.87. The lowest BCUT2D eigenvalue weighted by Gasteiger charge is -2.17. The maximum Gasteiger partial charge on any atom is 0.416 e. The quantitative estimate of drug-likeness (QED) is 0.798. The smallest absolute Gasteiger partial charge is 0.341 e. The van der Waals surface area contributed by atoms with Gasteiger partial charge in [0.05, 0.1) is 5.56 Å². The number of halogens is 3. The van der Waals surface area contributed by atoms with Crippen molar-refractivity contribution in [3.05, 3.63) is 35.4 Å². The molecule has 2 nitrogen and oxygen atoms in total. The van der Waals surface area contributed by atoms with Gasteiger partial charge in [0, 0.05) is 20.0 Å². The van der Waals surface area contributed by atoms with Gasteiger partial charge in [-0.25, -0.2) is 0 Å². The molecule has 0 heterocycles. The lowest BCUT2D eigenvalue weighted by molar-refractivity contribution is -0.137. The van der Waals surface area contributed by atoms with Gasteiger partial charge in [-0.15, -0.1) is 0 Å².